The predicted octanol–water partition coefficient (Wildman–Crippen LogP) is 1.67. The van der Waals surface area contributed by atoms with E-state index in [2.05, 4.69) is 15.4 Å². The lowest BCUT2D eigenvalue weighted by Gasteiger charge is -2.13. The Morgan fingerprint density at radius 3 is 2.58 bits per heavy atom. The fourth-order valence-electron chi connectivity index (χ4n) is 2.68. The molecule has 0 bridgehead atoms. The van der Waals surface area contributed by atoms with Crippen LogP contribution in [0.2, 0.25) is 0 Å². The van der Waals surface area contributed by atoms with Crippen molar-refractivity contribution in [1.29, 1.82) is 0 Å². The van der Waals surface area contributed by atoms with Crippen LogP contribution >= 0.6 is 12.4 Å². The zero-order valence-electron chi connectivity index (χ0n) is 13.9. The van der Waals surface area contributed by atoms with Crippen LogP contribution < -0.4 is 15.4 Å². The highest BCUT2D eigenvalue weighted by molar-refractivity contribution is 7.89. The molecule has 1 aliphatic rings. The third kappa shape index (κ3) is 6.05. The second-order valence-electron chi connectivity index (χ2n) is 5.74. The standard InChI is InChI=1S/C16H25N3O3S.ClH/c1-2-17-10-11-18-16(20)13-6-5-9-15(12-13)23(21,22)19-14-7-3-4-8-14;/h5-6,9,12,14,17,19H,2-4,7-8,10-11H2,1H3,(H,18,20);1H. The smallest absolute Gasteiger partial charge is 0.251 e. The first-order valence-electron chi connectivity index (χ1n) is 8.14. The molecule has 0 heterocycles. The maximum absolute atomic E-state index is 12.4. The number of halogens is 1. The van der Waals surface area contributed by atoms with E-state index in [4.69, 9.17) is 0 Å². The summed E-state index contributed by atoms with van der Waals surface area (Å²) in [5.74, 6) is -0.263. The van der Waals surface area contributed by atoms with E-state index in [0.717, 1.165) is 32.2 Å². The molecule has 136 valence electrons. The Morgan fingerprint density at radius 1 is 1.21 bits per heavy atom. The van der Waals surface area contributed by atoms with Crippen molar-refractivity contribution in [3.05, 3.63) is 29.8 Å². The molecule has 0 aliphatic heterocycles. The van der Waals surface area contributed by atoms with Crippen LogP contribution in [-0.4, -0.2) is 40.0 Å². The van der Waals surface area contributed by atoms with Crippen LogP contribution in [0.1, 0.15) is 43.0 Å². The number of carbonyl (C=O) groups is 1. The number of nitrogens with one attached hydrogen (secondary N) is 3. The van der Waals surface area contributed by atoms with Crippen molar-refractivity contribution in [3.8, 4) is 0 Å². The number of carbonyl (C=O) groups excluding carboxylic acids is 1. The maximum Gasteiger partial charge on any atom is 0.251 e. The summed E-state index contributed by atoms with van der Waals surface area (Å²) in [5, 5.41) is 5.88. The van der Waals surface area contributed by atoms with Gasteiger partial charge in [0, 0.05) is 24.7 Å². The van der Waals surface area contributed by atoms with E-state index >= 15 is 0 Å². The summed E-state index contributed by atoms with van der Waals surface area (Å²) in [5.41, 5.74) is 0.357. The van der Waals surface area contributed by atoms with E-state index in [1.165, 1.54) is 12.1 Å². The van der Waals surface area contributed by atoms with Crippen LogP contribution in [0.4, 0.5) is 0 Å². The van der Waals surface area contributed by atoms with Gasteiger partial charge in [0.25, 0.3) is 5.91 Å². The quantitative estimate of drug-likeness (QED) is 0.603. The Kier molecular flexibility index (Phi) is 8.69. The van der Waals surface area contributed by atoms with Crippen LogP contribution in [-0.2, 0) is 10.0 Å². The minimum atomic E-state index is -3.57. The maximum atomic E-state index is 12.4. The Morgan fingerprint density at radius 2 is 1.92 bits per heavy atom. The molecule has 1 aliphatic carbocycles. The highest BCUT2D eigenvalue weighted by atomic mass is 35.5. The molecule has 1 aromatic rings. The van der Waals surface area contributed by atoms with Crippen molar-refractivity contribution in [2.24, 2.45) is 0 Å². The van der Waals surface area contributed by atoms with E-state index in [9.17, 15) is 13.2 Å². The molecular weight excluding hydrogens is 350 g/mol. The van der Waals surface area contributed by atoms with Crippen LogP contribution in [0.25, 0.3) is 0 Å². The van der Waals surface area contributed by atoms with Crippen molar-refractivity contribution in [1.82, 2.24) is 15.4 Å². The fourth-order valence-corrected chi connectivity index (χ4v) is 4.03. The third-order valence-electron chi connectivity index (χ3n) is 3.92. The summed E-state index contributed by atoms with van der Waals surface area (Å²) < 4.78 is 27.5. The Bertz CT molecular complexity index is 631. The topological polar surface area (TPSA) is 87.3 Å². The lowest BCUT2D eigenvalue weighted by Crippen LogP contribution is -2.33. The number of likely N-dealkylation sites (N-methyl/N-ethyl adjacent to an activating group) is 1. The summed E-state index contributed by atoms with van der Waals surface area (Å²) >= 11 is 0. The minimum absolute atomic E-state index is 0. The molecule has 8 heteroatoms. The molecule has 1 fully saturated rings. The van der Waals surface area contributed by atoms with E-state index < -0.39 is 10.0 Å². The van der Waals surface area contributed by atoms with Crippen molar-refractivity contribution in [2.45, 2.75) is 43.5 Å². The van der Waals surface area contributed by atoms with Gasteiger partial charge in [-0.25, -0.2) is 13.1 Å². The number of hydrogen-bond donors (Lipinski definition) is 3. The molecule has 0 atom stereocenters. The van der Waals surface area contributed by atoms with Crippen molar-refractivity contribution in [3.63, 3.8) is 0 Å². The van der Waals surface area contributed by atoms with Gasteiger partial charge in [-0.1, -0.05) is 25.8 Å². The average molecular weight is 376 g/mol. The molecule has 0 aromatic heterocycles. The van der Waals surface area contributed by atoms with Gasteiger partial charge in [0.1, 0.15) is 0 Å². The number of sulfonamides is 1. The summed E-state index contributed by atoms with van der Waals surface area (Å²) in [4.78, 5) is 12.2. The van der Waals surface area contributed by atoms with Crippen molar-refractivity contribution in [2.75, 3.05) is 19.6 Å². The predicted molar refractivity (Wildman–Crippen MR) is 97.1 cm³/mol. The highest BCUT2D eigenvalue weighted by Gasteiger charge is 2.23. The highest BCUT2D eigenvalue weighted by Crippen LogP contribution is 2.20. The van der Waals surface area contributed by atoms with Gasteiger partial charge in [0.2, 0.25) is 10.0 Å². The Hall–Kier alpha value is -1.15. The summed E-state index contributed by atoms with van der Waals surface area (Å²) in [6, 6.07) is 6.18. The van der Waals surface area contributed by atoms with Crippen LogP contribution in [0, 0.1) is 0 Å². The molecule has 1 amide bonds. The molecule has 0 radical (unpaired) electrons. The molecule has 0 saturated heterocycles. The van der Waals surface area contributed by atoms with Gasteiger partial charge in [-0.3, -0.25) is 4.79 Å². The lowest BCUT2D eigenvalue weighted by atomic mass is 10.2. The summed E-state index contributed by atoms with van der Waals surface area (Å²) in [7, 11) is -3.57. The van der Waals surface area contributed by atoms with Crippen LogP contribution in [0.5, 0.6) is 0 Å². The Labute approximate surface area is 150 Å². The average Bonchev–Trinajstić information content (AvgIpc) is 3.04. The lowest BCUT2D eigenvalue weighted by molar-refractivity contribution is 0.0953. The van der Waals surface area contributed by atoms with Gasteiger partial charge >= 0.3 is 0 Å². The van der Waals surface area contributed by atoms with Gasteiger partial charge < -0.3 is 10.6 Å². The van der Waals surface area contributed by atoms with Crippen molar-refractivity contribution < 1.29 is 13.2 Å². The number of rotatable bonds is 8. The van der Waals surface area contributed by atoms with Gasteiger partial charge in [-0.15, -0.1) is 12.4 Å². The summed E-state index contributed by atoms with van der Waals surface area (Å²) in [6.07, 6.45) is 3.87. The molecule has 0 spiro atoms. The van der Waals surface area contributed by atoms with Gasteiger partial charge in [0.05, 0.1) is 4.90 Å². The fraction of sp³-hybridized carbons (Fsp3) is 0.562. The number of hydrogen-bond acceptors (Lipinski definition) is 4. The molecule has 1 saturated carbocycles. The number of amides is 1. The molecular formula is C16H26ClN3O3S. The Balaban J connectivity index is 0.00000288. The first-order valence-corrected chi connectivity index (χ1v) is 9.62. The van der Waals surface area contributed by atoms with Crippen molar-refractivity contribution >= 4 is 28.3 Å². The van der Waals surface area contributed by atoms with Gasteiger partial charge in [-0.05, 0) is 37.6 Å². The first kappa shape index (κ1) is 20.9. The largest absolute Gasteiger partial charge is 0.351 e. The normalized spacial score (nSPS) is 15.0. The van der Waals surface area contributed by atoms with E-state index in [1.54, 1.807) is 12.1 Å². The zero-order valence-corrected chi connectivity index (χ0v) is 15.5. The van der Waals surface area contributed by atoms with Crippen LogP contribution in [0.3, 0.4) is 0 Å². The summed E-state index contributed by atoms with van der Waals surface area (Å²) in [6.45, 7) is 4.03. The second kappa shape index (κ2) is 9.98. The number of benzene rings is 1. The van der Waals surface area contributed by atoms with E-state index in [1.807, 2.05) is 6.92 Å². The molecule has 0 unspecified atom stereocenters. The van der Waals surface area contributed by atoms with Crippen LogP contribution in [0.15, 0.2) is 29.2 Å². The van der Waals surface area contributed by atoms with Gasteiger partial charge in [-0.2, -0.15) is 0 Å². The monoisotopic (exact) mass is 375 g/mol. The molecule has 2 rings (SSSR count). The van der Waals surface area contributed by atoms with E-state index in [-0.39, 0.29) is 29.3 Å². The first-order chi connectivity index (χ1) is 11.0. The second-order valence-corrected chi connectivity index (χ2v) is 7.45. The molecule has 3 N–H and O–H groups in total. The SMILES string of the molecule is CCNCCNC(=O)c1cccc(S(=O)(=O)NC2CCCC2)c1.Cl. The third-order valence-corrected chi connectivity index (χ3v) is 5.44. The minimum Gasteiger partial charge on any atom is -0.351 e. The van der Waals surface area contributed by atoms with Gasteiger partial charge in [0.15, 0.2) is 0 Å². The zero-order chi connectivity index (χ0) is 16.7. The molecule has 1 aromatic carbocycles. The molecule has 24 heavy (non-hydrogen) atoms. The molecule has 6 nitrogen and oxygen atoms in total. The van der Waals surface area contributed by atoms with E-state index in [0.29, 0.717) is 18.7 Å².